The molecule has 0 atom stereocenters. The van der Waals surface area contributed by atoms with E-state index in [1.54, 1.807) is 11.8 Å². The van der Waals surface area contributed by atoms with Gasteiger partial charge in [0.25, 0.3) is 11.8 Å². The Labute approximate surface area is 183 Å². The predicted octanol–water partition coefficient (Wildman–Crippen LogP) is 3.22. The molecule has 170 valence electrons. The molecule has 0 spiro atoms. The second-order valence-corrected chi connectivity index (χ2v) is 7.60. The van der Waals surface area contributed by atoms with Crippen LogP contribution in [0.2, 0.25) is 0 Å². The number of nitrogens with two attached hydrogens (primary N) is 2. The lowest BCUT2D eigenvalue weighted by molar-refractivity contribution is -0.137. The van der Waals surface area contributed by atoms with Crippen LogP contribution in [0.25, 0.3) is 11.3 Å². The maximum absolute atomic E-state index is 12.9. The van der Waals surface area contributed by atoms with Gasteiger partial charge in [0.15, 0.2) is 0 Å². The lowest BCUT2D eigenvalue weighted by Crippen LogP contribution is -2.34. The number of likely N-dealkylation sites (tertiary alicyclic amines) is 1. The zero-order valence-electron chi connectivity index (χ0n) is 17.6. The summed E-state index contributed by atoms with van der Waals surface area (Å²) in [5.41, 5.74) is 11.4. The second-order valence-electron chi connectivity index (χ2n) is 7.60. The molecule has 1 fully saturated rings. The molecule has 0 unspecified atom stereocenters. The summed E-state index contributed by atoms with van der Waals surface area (Å²) < 4.78 is 40.2. The molecule has 7 nitrogen and oxygen atoms in total. The van der Waals surface area contributed by atoms with Gasteiger partial charge in [-0.15, -0.1) is 0 Å². The normalized spacial score (nSPS) is 15.4. The Morgan fingerprint density at radius 3 is 2.22 bits per heavy atom. The fourth-order valence-corrected chi connectivity index (χ4v) is 3.91. The third-order valence-corrected chi connectivity index (χ3v) is 5.48. The van der Waals surface area contributed by atoms with E-state index in [2.05, 4.69) is 16.9 Å². The van der Waals surface area contributed by atoms with Gasteiger partial charge in [0.2, 0.25) is 0 Å². The van der Waals surface area contributed by atoms with E-state index in [4.69, 9.17) is 11.5 Å². The number of carbonyl (C=O) groups excluding carboxylic acids is 2. The predicted molar refractivity (Wildman–Crippen MR) is 113 cm³/mol. The van der Waals surface area contributed by atoms with Crippen LogP contribution in [0.1, 0.15) is 54.6 Å². The Bertz CT molecular complexity index is 1050. The lowest BCUT2D eigenvalue weighted by Gasteiger charge is -2.27. The number of anilines is 1. The summed E-state index contributed by atoms with van der Waals surface area (Å²) in [5.74, 6) is 4.24. The van der Waals surface area contributed by atoms with Gasteiger partial charge in [0, 0.05) is 18.7 Å². The van der Waals surface area contributed by atoms with E-state index >= 15 is 0 Å². The highest BCUT2D eigenvalue weighted by Gasteiger charge is 2.31. The molecular formula is C22H24F3N5O2. The van der Waals surface area contributed by atoms with Crippen LogP contribution >= 0.6 is 0 Å². The molecule has 4 N–H and O–H groups in total. The number of benzene rings is 1. The summed E-state index contributed by atoms with van der Waals surface area (Å²) in [6.45, 7) is 2.70. The van der Waals surface area contributed by atoms with Crippen LogP contribution in [0.15, 0.2) is 24.3 Å². The van der Waals surface area contributed by atoms with Gasteiger partial charge in [-0.25, -0.2) is 4.68 Å². The Kier molecular flexibility index (Phi) is 6.77. The van der Waals surface area contributed by atoms with Crippen LogP contribution in [-0.2, 0) is 11.0 Å². The van der Waals surface area contributed by atoms with Gasteiger partial charge in [0.05, 0.1) is 11.6 Å². The minimum atomic E-state index is -4.47. The molecular weight excluding hydrogens is 423 g/mol. The third kappa shape index (κ3) is 4.88. The van der Waals surface area contributed by atoms with E-state index < -0.39 is 17.6 Å². The van der Waals surface area contributed by atoms with Gasteiger partial charge in [0.1, 0.15) is 17.1 Å². The number of amides is 2. The van der Waals surface area contributed by atoms with Crippen molar-refractivity contribution >= 4 is 17.6 Å². The van der Waals surface area contributed by atoms with Crippen molar-refractivity contribution in [2.75, 3.05) is 18.8 Å². The van der Waals surface area contributed by atoms with E-state index in [0.29, 0.717) is 44.3 Å². The van der Waals surface area contributed by atoms with Crippen molar-refractivity contribution in [2.24, 2.45) is 5.73 Å². The van der Waals surface area contributed by atoms with Gasteiger partial charge in [-0.1, -0.05) is 18.1 Å². The van der Waals surface area contributed by atoms with E-state index in [1.807, 2.05) is 0 Å². The zero-order valence-corrected chi connectivity index (χ0v) is 17.6. The van der Waals surface area contributed by atoms with Gasteiger partial charge in [-0.2, -0.15) is 18.3 Å². The molecule has 2 heterocycles. The maximum atomic E-state index is 12.9. The molecule has 0 aliphatic carbocycles. The van der Waals surface area contributed by atoms with E-state index in [-0.39, 0.29) is 29.0 Å². The largest absolute Gasteiger partial charge is 0.416 e. The number of nitrogens with zero attached hydrogens (tertiary/aromatic N) is 3. The van der Waals surface area contributed by atoms with Crippen LogP contribution in [0.3, 0.4) is 0 Å². The third-order valence-electron chi connectivity index (χ3n) is 5.48. The number of nitrogen functional groups attached to an aromatic ring is 1. The smallest absolute Gasteiger partial charge is 0.383 e. The number of rotatable bonds is 3. The van der Waals surface area contributed by atoms with Crippen molar-refractivity contribution in [3.05, 3.63) is 35.4 Å². The van der Waals surface area contributed by atoms with Crippen LogP contribution in [0.5, 0.6) is 0 Å². The second kappa shape index (κ2) is 9.34. The molecule has 10 heteroatoms. The average Bonchev–Trinajstić information content (AvgIpc) is 3.05. The summed E-state index contributed by atoms with van der Waals surface area (Å²) in [5, 5.41) is 4.48. The number of hydrogen-bond donors (Lipinski definition) is 2. The highest BCUT2D eigenvalue weighted by Crippen LogP contribution is 2.35. The Morgan fingerprint density at radius 2 is 1.72 bits per heavy atom. The zero-order chi connectivity index (χ0) is 23.5. The number of primary amides is 1. The topological polar surface area (TPSA) is 107 Å². The molecule has 0 bridgehead atoms. The molecule has 1 aromatic heterocycles. The molecule has 0 saturated carbocycles. The van der Waals surface area contributed by atoms with E-state index in [1.165, 1.54) is 16.8 Å². The number of carbonyl (C=O) groups is 2. The molecule has 1 aliphatic heterocycles. The van der Waals surface area contributed by atoms with E-state index in [9.17, 15) is 22.8 Å². The molecule has 1 aliphatic rings. The lowest BCUT2D eigenvalue weighted by atomic mass is 10.0. The summed E-state index contributed by atoms with van der Waals surface area (Å²) in [4.78, 5) is 25.8. The van der Waals surface area contributed by atoms with Crippen molar-refractivity contribution in [1.82, 2.24) is 14.7 Å². The summed E-state index contributed by atoms with van der Waals surface area (Å²) in [7, 11) is 0. The summed E-state index contributed by atoms with van der Waals surface area (Å²) in [6.07, 6.45) is -1.80. The Hall–Kier alpha value is -3.48. The van der Waals surface area contributed by atoms with Gasteiger partial charge >= 0.3 is 6.18 Å². The molecule has 2 amide bonds. The number of halogens is 3. The highest BCUT2D eigenvalue weighted by atomic mass is 19.4. The van der Waals surface area contributed by atoms with Crippen molar-refractivity contribution in [3.63, 3.8) is 0 Å². The van der Waals surface area contributed by atoms with Gasteiger partial charge < -0.3 is 16.4 Å². The highest BCUT2D eigenvalue weighted by molar-refractivity contribution is 6.03. The monoisotopic (exact) mass is 447 g/mol. The van der Waals surface area contributed by atoms with Gasteiger partial charge in [-0.05, 0) is 50.7 Å². The Balaban J connectivity index is 1.88. The molecule has 0 radical (unpaired) electrons. The average molecular weight is 447 g/mol. The maximum Gasteiger partial charge on any atom is 0.416 e. The SMILES string of the molecule is CC#CC(=O)N1CCCC(n2nc(-c3ccc(C(F)(F)F)cc3)c(C(N)=O)c2N)CCC1. The minimum Gasteiger partial charge on any atom is -0.383 e. The standard InChI is InChI=1S/C22H24F3N5O2/c1-2-5-17(31)29-12-3-6-16(7-4-13-29)30-20(26)18(21(27)32)19(28-30)14-8-10-15(11-9-14)22(23,24)25/h8-11,16H,3-4,6-7,12-13,26H2,1H3,(H2,27,32). The van der Waals surface area contributed by atoms with Crippen LogP contribution in [-0.4, -0.2) is 39.6 Å². The van der Waals surface area contributed by atoms with Crippen LogP contribution in [0.4, 0.5) is 19.0 Å². The van der Waals surface area contributed by atoms with E-state index in [0.717, 1.165) is 12.1 Å². The minimum absolute atomic E-state index is 0.0122. The molecule has 1 aromatic carbocycles. The summed E-state index contributed by atoms with van der Waals surface area (Å²) >= 11 is 0. The molecule has 1 saturated heterocycles. The molecule has 32 heavy (non-hydrogen) atoms. The number of hydrogen-bond acceptors (Lipinski definition) is 4. The molecule has 3 rings (SSSR count). The fourth-order valence-electron chi connectivity index (χ4n) is 3.91. The number of alkyl halides is 3. The first kappa shape index (κ1) is 23.2. The molecule has 2 aromatic rings. The number of aromatic nitrogens is 2. The first-order chi connectivity index (χ1) is 15.1. The van der Waals surface area contributed by atoms with Crippen molar-refractivity contribution < 1.29 is 22.8 Å². The Morgan fingerprint density at radius 1 is 1.12 bits per heavy atom. The summed E-state index contributed by atoms with van der Waals surface area (Å²) in [6, 6.07) is 4.22. The van der Waals surface area contributed by atoms with Gasteiger partial charge in [-0.3, -0.25) is 9.59 Å². The van der Waals surface area contributed by atoms with Crippen molar-refractivity contribution in [1.29, 1.82) is 0 Å². The van der Waals surface area contributed by atoms with Crippen molar-refractivity contribution in [3.8, 4) is 23.1 Å². The fraction of sp³-hybridized carbons (Fsp3) is 0.409. The first-order valence-corrected chi connectivity index (χ1v) is 10.2. The first-order valence-electron chi connectivity index (χ1n) is 10.2. The van der Waals surface area contributed by atoms with Crippen molar-refractivity contribution in [2.45, 2.75) is 44.8 Å². The van der Waals surface area contributed by atoms with Crippen LogP contribution in [0, 0.1) is 11.8 Å². The van der Waals surface area contributed by atoms with Crippen LogP contribution < -0.4 is 11.5 Å². The quantitative estimate of drug-likeness (QED) is 0.705.